The maximum Gasteiger partial charge on any atom is 0.191 e. The van der Waals surface area contributed by atoms with Crippen LogP contribution in [0.5, 0.6) is 0 Å². The summed E-state index contributed by atoms with van der Waals surface area (Å²) >= 11 is 0. The van der Waals surface area contributed by atoms with Gasteiger partial charge in [0.05, 0.1) is 12.2 Å². The van der Waals surface area contributed by atoms with E-state index in [1.54, 1.807) is 7.11 Å². The number of rotatable bonds is 9. The summed E-state index contributed by atoms with van der Waals surface area (Å²) in [4.78, 5) is 9.24. The Labute approximate surface area is 191 Å². The summed E-state index contributed by atoms with van der Waals surface area (Å²) in [7, 11) is 1.78. The van der Waals surface area contributed by atoms with Gasteiger partial charge in [-0.05, 0) is 55.4 Å². The Balaban J connectivity index is 0.00000300. The fourth-order valence-corrected chi connectivity index (χ4v) is 3.66. The van der Waals surface area contributed by atoms with E-state index in [0.29, 0.717) is 12.0 Å². The van der Waals surface area contributed by atoms with E-state index in [1.165, 1.54) is 24.8 Å². The molecule has 0 amide bonds. The molecule has 1 aromatic heterocycles. The molecule has 0 aliphatic heterocycles. The zero-order chi connectivity index (χ0) is 19.7. The van der Waals surface area contributed by atoms with Gasteiger partial charge in [0.1, 0.15) is 0 Å². The number of nitrogens with one attached hydrogen (secondary N) is 2. The third-order valence-corrected chi connectivity index (χ3v) is 5.53. The van der Waals surface area contributed by atoms with E-state index >= 15 is 0 Å². The van der Waals surface area contributed by atoms with Crippen LogP contribution in [0, 0.1) is 5.41 Å². The van der Waals surface area contributed by atoms with Crippen LogP contribution < -0.4 is 10.6 Å². The van der Waals surface area contributed by atoms with Crippen LogP contribution in [-0.4, -0.2) is 37.7 Å². The molecule has 5 nitrogen and oxygen atoms in total. The molecule has 6 heteroatoms. The highest BCUT2D eigenvalue weighted by Crippen LogP contribution is 2.43. The van der Waals surface area contributed by atoms with E-state index < -0.39 is 0 Å². The maximum absolute atomic E-state index is 5.30. The van der Waals surface area contributed by atoms with Crippen LogP contribution in [0.4, 0.5) is 0 Å². The third kappa shape index (κ3) is 6.96. The van der Waals surface area contributed by atoms with Gasteiger partial charge < -0.3 is 15.4 Å². The summed E-state index contributed by atoms with van der Waals surface area (Å²) in [6, 6.07) is 14.4. The first-order chi connectivity index (χ1) is 13.7. The molecule has 0 saturated heterocycles. The number of halogens is 1. The first kappa shape index (κ1) is 23.6. The Morgan fingerprint density at radius 3 is 2.69 bits per heavy atom. The van der Waals surface area contributed by atoms with Crippen molar-refractivity contribution in [3.05, 3.63) is 54.2 Å². The van der Waals surface area contributed by atoms with Crippen LogP contribution in [0.1, 0.15) is 38.2 Å². The fourth-order valence-electron chi connectivity index (χ4n) is 3.66. The number of methoxy groups -OCH3 is 1. The van der Waals surface area contributed by atoms with Gasteiger partial charge in [-0.2, -0.15) is 0 Å². The summed E-state index contributed by atoms with van der Waals surface area (Å²) < 4.78 is 5.30. The number of ether oxygens (including phenoxy) is 1. The number of benzene rings is 1. The van der Waals surface area contributed by atoms with E-state index in [4.69, 9.17) is 9.73 Å². The summed E-state index contributed by atoms with van der Waals surface area (Å²) in [5.74, 6) is 0.884. The molecule has 0 unspecified atom stereocenters. The molecule has 2 N–H and O–H groups in total. The lowest BCUT2D eigenvalue weighted by atomic mass is 9.67. The third-order valence-electron chi connectivity index (χ3n) is 5.53. The Morgan fingerprint density at radius 2 is 2.03 bits per heavy atom. The zero-order valence-electron chi connectivity index (χ0n) is 17.5. The van der Waals surface area contributed by atoms with Crippen molar-refractivity contribution in [1.82, 2.24) is 15.6 Å². The summed E-state index contributed by atoms with van der Waals surface area (Å²) in [5, 5.41) is 6.93. The number of aromatic nitrogens is 1. The van der Waals surface area contributed by atoms with Crippen molar-refractivity contribution in [2.45, 2.75) is 39.2 Å². The monoisotopic (exact) mass is 508 g/mol. The van der Waals surface area contributed by atoms with Crippen LogP contribution in [0.2, 0.25) is 0 Å². The number of aliphatic imine (C=N–C) groups is 1. The molecule has 1 aliphatic rings. The van der Waals surface area contributed by atoms with Crippen LogP contribution in [0.15, 0.2) is 53.7 Å². The van der Waals surface area contributed by atoms with Crippen molar-refractivity contribution in [3.63, 3.8) is 0 Å². The minimum atomic E-state index is 0. The van der Waals surface area contributed by atoms with Gasteiger partial charge in [0.2, 0.25) is 0 Å². The van der Waals surface area contributed by atoms with Crippen molar-refractivity contribution in [2.24, 2.45) is 10.4 Å². The summed E-state index contributed by atoms with van der Waals surface area (Å²) in [6.07, 6.45) is 6.80. The maximum atomic E-state index is 5.30. The molecule has 158 valence electrons. The van der Waals surface area contributed by atoms with E-state index in [-0.39, 0.29) is 24.0 Å². The highest BCUT2D eigenvalue weighted by molar-refractivity contribution is 14.0. The first-order valence-electron chi connectivity index (χ1n) is 10.3. The number of pyridine rings is 1. The molecule has 3 rings (SSSR count). The van der Waals surface area contributed by atoms with Crippen LogP contribution in [0.25, 0.3) is 11.3 Å². The second-order valence-electron chi connectivity index (χ2n) is 7.56. The number of hydrogen-bond donors (Lipinski definition) is 2. The Morgan fingerprint density at radius 1 is 1.17 bits per heavy atom. The van der Waals surface area contributed by atoms with Crippen molar-refractivity contribution in [2.75, 3.05) is 26.8 Å². The number of guanidine groups is 1. The SMILES string of the molecule is CCNC(=NCc1cccc(-c2ccccn2)c1)NCC1(CCOC)CCC1.I. The highest BCUT2D eigenvalue weighted by atomic mass is 127. The zero-order valence-corrected chi connectivity index (χ0v) is 19.8. The van der Waals surface area contributed by atoms with Crippen molar-refractivity contribution in [1.29, 1.82) is 0 Å². The minimum absolute atomic E-state index is 0. The smallest absolute Gasteiger partial charge is 0.191 e. The van der Waals surface area contributed by atoms with Gasteiger partial charge in [-0.1, -0.05) is 30.7 Å². The lowest BCUT2D eigenvalue weighted by Gasteiger charge is -2.42. The molecule has 0 radical (unpaired) electrons. The average Bonchev–Trinajstić information content (AvgIpc) is 2.71. The fraction of sp³-hybridized carbons (Fsp3) is 0.478. The molecule has 0 atom stereocenters. The molecule has 1 heterocycles. The molecular weight excluding hydrogens is 475 g/mol. The lowest BCUT2D eigenvalue weighted by molar-refractivity contribution is 0.0732. The molecule has 0 spiro atoms. The van der Waals surface area contributed by atoms with Gasteiger partial charge in [-0.3, -0.25) is 4.98 Å². The topological polar surface area (TPSA) is 58.5 Å². The molecule has 2 aromatic rings. The Kier molecular flexibility index (Phi) is 9.87. The van der Waals surface area contributed by atoms with Gasteiger partial charge in [0.25, 0.3) is 0 Å². The molecule has 1 aromatic carbocycles. The van der Waals surface area contributed by atoms with Gasteiger partial charge in [-0.15, -0.1) is 24.0 Å². The quantitative estimate of drug-likeness (QED) is 0.295. The molecule has 1 fully saturated rings. The molecule has 1 aliphatic carbocycles. The van der Waals surface area contributed by atoms with Crippen molar-refractivity contribution >= 4 is 29.9 Å². The molecule has 29 heavy (non-hydrogen) atoms. The summed E-state index contributed by atoms with van der Waals surface area (Å²) in [5.41, 5.74) is 3.66. The Hall–Kier alpha value is -1.67. The van der Waals surface area contributed by atoms with Gasteiger partial charge >= 0.3 is 0 Å². The van der Waals surface area contributed by atoms with E-state index in [1.807, 2.05) is 24.4 Å². The van der Waals surface area contributed by atoms with Crippen LogP contribution >= 0.6 is 24.0 Å². The molecule has 1 saturated carbocycles. The molecular formula is C23H33IN4O. The first-order valence-corrected chi connectivity index (χ1v) is 10.3. The van der Waals surface area contributed by atoms with E-state index in [0.717, 1.165) is 43.3 Å². The van der Waals surface area contributed by atoms with E-state index in [2.05, 4.69) is 46.8 Å². The minimum Gasteiger partial charge on any atom is -0.385 e. The number of hydrogen-bond acceptors (Lipinski definition) is 3. The van der Waals surface area contributed by atoms with Crippen LogP contribution in [0.3, 0.4) is 0 Å². The summed E-state index contributed by atoms with van der Waals surface area (Å²) in [6.45, 7) is 5.38. The van der Waals surface area contributed by atoms with Crippen molar-refractivity contribution < 1.29 is 4.74 Å². The van der Waals surface area contributed by atoms with Gasteiger partial charge in [0.15, 0.2) is 5.96 Å². The van der Waals surface area contributed by atoms with Gasteiger partial charge in [0, 0.05) is 38.6 Å². The highest BCUT2D eigenvalue weighted by Gasteiger charge is 2.36. The van der Waals surface area contributed by atoms with E-state index in [9.17, 15) is 0 Å². The predicted octanol–water partition coefficient (Wildman–Crippen LogP) is 4.63. The second kappa shape index (κ2) is 12.1. The predicted molar refractivity (Wildman–Crippen MR) is 131 cm³/mol. The average molecular weight is 508 g/mol. The second-order valence-corrected chi connectivity index (χ2v) is 7.56. The number of nitrogens with zero attached hydrogens (tertiary/aromatic N) is 2. The molecule has 0 bridgehead atoms. The van der Waals surface area contributed by atoms with Crippen molar-refractivity contribution in [3.8, 4) is 11.3 Å². The standard InChI is InChI=1S/C23H32N4O.HI/c1-3-24-22(27-18-23(11-7-12-23)13-15-28-2)26-17-19-8-6-9-20(16-19)21-10-4-5-14-25-21;/h4-6,8-10,14,16H,3,7,11-13,15,17-18H2,1-2H3,(H2,24,26,27);1H. The van der Waals surface area contributed by atoms with Gasteiger partial charge in [-0.25, -0.2) is 4.99 Å². The largest absolute Gasteiger partial charge is 0.385 e. The Bertz CT molecular complexity index is 762. The lowest BCUT2D eigenvalue weighted by Crippen LogP contribution is -2.46. The normalized spacial score (nSPS) is 15.2. The van der Waals surface area contributed by atoms with Crippen LogP contribution in [-0.2, 0) is 11.3 Å².